The molecule has 0 aromatic heterocycles. The normalized spacial score (nSPS) is 15.1. The molecule has 1 aromatic rings. The maximum absolute atomic E-state index is 11.9. The first-order valence-electron chi connectivity index (χ1n) is 7.15. The first-order valence-corrected chi connectivity index (χ1v) is 7.15. The van der Waals surface area contributed by atoms with E-state index < -0.39 is 0 Å². The Bertz CT molecular complexity index is 419. The number of nitrogens with one attached hydrogen (secondary N) is 2. The minimum Gasteiger partial charge on any atom is -0.497 e. The number of rotatable bonds is 6. The molecule has 1 saturated heterocycles. The van der Waals surface area contributed by atoms with E-state index in [0.29, 0.717) is 5.56 Å². The third-order valence-corrected chi connectivity index (χ3v) is 3.50. The van der Waals surface area contributed by atoms with Gasteiger partial charge in [-0.25, -0.2) is 0 Å². The average Bonchev–Trinajstić information content (AvgIpc) is 2.52. The largest absolute Gasteiger partial charge is 0.497 e. The van der Waals surface area contributed by atoms with Crippen LogP contribution in [0.25, 0.3) is 0 Å². The highest BCUT2D eigenvalue weighted by Gasteiger charge is 2.09. The lowest BCUT2D eigenvalue weighted by Gasteiger charge is -2.27. The summed E-state index contributed by atoms with van der Waals surface area (Å²) in [5.41, 5.74) is 0.674. The van der Waals surface area contributed by atoms with Crippen molar-refractivity contribution < 1.29 is 9.53 Å². The fourth-order valence-electron chi connectivity index (χ4n) is 2.28. The van der Waals surface area contributed by atoms with Gasteiger partial charge in [0.15, 0.2) is 0 Å². The highest BCUT2D eigenvalue weighted by Crippen LogP contribution is 2.10. The Hall–Kier alpha value is -1.30. The molecule has 1 aromatic carbocycles. The van der Waals surface area contributed by atoms with Gasteiger partial charge in [0.05, 0.1) is 7.11 Å². The third kappa shape index (κ3) is 5.91. The first kappa shape index (κ1) is 17.8. The summed E-state index contributed by atoms with van der Waals surface area (Å²) in [4.78, 5) is 14.3. The van der Waals surface area contributed by atoms with Gasteiger partial charge in [-0.3, -0.25) is 4.79 Å². The van der Waals surface area contributed by atoms with Crippen molar-refractivity contribution >= 4 is 18.3 Å². The zero-order valence-corrected chi connectivity index (χ0v) is 13.2. The molecule has 0 aliphatic carbocycles. The number of amides is 1. The fraction of sp³-hybridized carbons (Fsp3) is 0.533. The van der Waals surface area contributed by atoms with Crippen molar-refractivity contribution in [2.24, 2.45) is 0 Å². The summed E-state index contributed by atoms with van der Waals surface area (Å²) < 4.78 is 5.07. The van der Waals surface area contributed by atoms with Crippen LogP contribution in [0, 0.1) is 0 Å². The van der Waals surface area contributed by atoms with E-state index in [0.717, 1.165) is 51.4 Å². The number of carbonyl (C=O) groups excluding carboxylic acids is 1. The quantitative estimate of drug-likeness (QED) is 0.774. The number of hydrogen-bond acceptors (Lipinski definition) is 4. The molecule has 1 aliphatic heterocycles. The van der Waals surface area contributed by atoms with Crippen molar-refractivity contribution in [1.82, 2.24) is 15.5 Å². The van der Waals surface area contributed by atoms with Gasteiger partial charge in [-0.15, -0.1) is 12.4 Å². The highest BCUT2D eigenvalue weighted by molar-refractivity contribution is 5.94. The van der Waals surface area contributed by atoms with Crippen LogP contribution in [0.2, 0.25) is 0 Å². The van der Waals surface area contributed by atoms with Crippen molar-refractivity contribution in [2.45, 2.75) is 6.42 Å². The lowest BCUT2D eigenvalue weighted by Crippen LogP contribution is -2.44. The molecule has 1 aliphatic rings. The van der Waals surface area contributed by atoms with E-state index >= 15 is 0 Å². The molecule has 118 valence electrons. The van der Waals surface area contributed by atoms with Gasteiger partial charge in [0.2, 0.25) is 0 Å². The number of carbonyl (C=O) groups is 1. The number of methoxy groups -OCH3 is 1. The molecular formula is C15H24ClN3O2. The van der Waals surface area contributed by atoms with Crippen molar-refractivity contribution in [2.75, 3.05) is 46.4 Å². The molecule has 5 nitrogen and oxygen atoms in total. The van der Waals surface area contributed by atoms with Gasteiger partial charge in [-0.2, -0.15) is 0 Å². The van der Waals surface area contributed by atoms with Crippen LogP contribution in [0.3, 0.4) is 0 Å². The van der Waals surface area contributed by atoms with E-state index in [1.165, 1.54) is 0 Å². The molecule has 21 heavy (non-hydrogen) atoms. The van der Waals surface area contributed by atoms with Crippen molar-refractivity contribution in [3.05, 3.63) is 29.8 Å². The van der Waals surface area contributed by atoms with Crippen molar-refractivity contribution in [3.8, 4) is 5.75 Å². The van der Waals surface area contributed by atoms with Crippen LogP contribution in [-0.4, -0.2) is 57.2 Å². The van der Waals surface area contributed by atoms with Gasteiger partial charge in [-0.05, 0) is 37.2 Å². The standard InChI is InChI=1S/C15H23N3O2.ClH/c1-20-14-5-3-13(4-6-14)15(19)17-7-2-10-18-11-8-16-9-12-18;/h3-6,16H,2,7-12H2,1H3,(H,17,19);1H. The van der Waals surface area contributed by atoms with Crippen LogP contribution >= 0.6 is 12.4 Å². The molecule has 0 unspecified atom stereocenters. The molecule has 6 heteroatoms. The first-order chi connectivity index (χ1) is 9.79. The van der Waals surface area contributed by atoms with E-state index in [9.17, 15) is 4.79 Å². The molecule has 1 heterocycles. The Kier molecular flexibility index (Phi) is 8.12. The van der Waals surface area contributed by atoms with E-state index in [1.807, 2.05) is 0 Å². The number of halogens is 1. The van der Waals surface area contributed by atoms with Gasteiger partial charge >= 0.3 is 0 Å². The minimum absolute atomic E-state index is 0. The van der Waals surface area contributed by atoms with Gasteiger partial charge in [-0.1, -0.05) is 0 Å². The lowest BCUT2D eigenvalue weighted by molar-refractivity contribution is 0.0951. The van der Waals surface area contributed by atoms with Gasteiger partial charge in [0.25, 0.3) is 5.91 Å². The van der Waals surface area contributed by atoms with E-state index in [4.69, 9.17) is 4.74 Å². The number of benzene rings is 1. The molecule has 1 fully saturated rings. The predicted octanol–water partition coefficient (Wildman–Crippen LogP) is 1.14. The minimum atomic E-state index is -0.0204. The van der Waals surface area contributed by atoms with Crippen LogP contribution in [-0.2, 0) is 0 Å². The van der Waals surface area contributed by atoms with Gasteiger partial charge in [0.1, 0.15) is 5.75 Å². The Balaban J connectivity index is 0.00000220. The Morgan fingerprint density at radius 1 is 1.29 bits per heavy atom. The van der Waals surface area contributed by atoms with Crippen LogP contribution in [0.5, 0.6) is 5.75 Å². The maximum atomic E-state index is 11.9. The number of hydrogen-bond donors (Lipinski definition) is 2. The van der Waals surface area contributed by atoms with Crippen LogP contribution < -0.4 is 15.4 Å². The second-order valence-corrected chi connectivity index (χ2v) is 4.93. The predicted molar refractivity (Wildman–Crippen MR) is 86.5 cm³/mol. The summed E-state index contributed by atoms with van der Waals surface area (Å²) >= 11 is 0. The van der Waals surface area contributed by atoms with E-state index in [-0.39, 0.29) is 18.3 Å². The Morgan fingerprint density at radius 3 is 2.57 bits per heavy atom. The lowest BCUT2D eigenvalue weighted by atomic mass is 10.2. The Morgan fingerprint density at radius 2 is 1.95 bits per heavy atom. The molecule has 2 N–H and O–H groups in total. The summed E-state index contributed by atoms with van der Waals surface area (Å²) in [6.07, 6.45) is 0.988. The summed E-state index contributed by atoms with van der Waals surface area (Å²) in [6, 6.07) is 7.17. The molecular weight excluding hydrogens is 290 g/mol. The molecule has 2 rings (SSSR count). The average molecular weight is 314 g/mol. The maximum Gasteiger partial charge on any atom is 0.251 e. The number of piperazine rings is 1. The second kappa shape index (κ2) is 9.60. The van der Waals surface area contributed by atoms with Crippen LogP contribution in [0.15, 0.2) is 24.3 Å². The second-order valence-electron chi connectivity index (χ2n) is 4.93. The van der Waals surface area contributed by atoms with Crippen molar-refractivity contribution in [1.29, 1.82) is 0 Å². The Labute approximate surface area is 132 Å². The van der Waals surface area contributed by atoms with Crippen LogP contribution in [0.4, 0.5) is 0 Å². The van der Waals surface area contributed by atoms with Crippen molar-refractivity contribution in [3.63, 3.8) is 0 Å². The molecule has 0 radical (unpaired) electrons. The zero-order chi connectivity index (χ0) is 14.2. The summed E-state index contributed by atoms with van der Waals surface area (Å²) in [7, 11) is 1.62. The summed E-state index contributed by atoms with van der Waals surface area (Å²) in [5.74, 6) is 0.744. The van der Waals surface area contributed by atoms with Gasteiger partial charge in [0, 0.05) is 38.3 Å². The number of nitrogens with zero attached hydrogens (tertiary/aromatic N) is 1. The van der Waals surface area contributed by atoms with E-state index in [2.05, 4.69) is 15.5 Å². The molecule has 0 saturated carbocycles. The summed E-state index contributed by atoms with van der Waals surface area (Å²) in [6.45, 7) is 6.11. The smallest absolute Gasteiger partial charge is 0.251 e. The summed E-state index contributed by atoms with van der Waals surface area (Å²) in [5, 5.41) is 6.29. The van der Waals surface area contributed by atoms with Gasteiger partial charge < -0.3 is 20.3 Å². The molecule has 0 bridgehead atoms. The highest BCUT2D eigenvalue weighted by atomic mass is 35.5. The molecule has 1 amide bonds. The SMILES string of the molecule is COc1ccc(C(=O)NCCCN2CCNCC2)cc1.Cl. The van der Waals surface area contributed by atoms with Crippen LogP contribution in [0.1, 0.15) is 16.8 Å². The molecule has 0 spiro atoms. The zero-order valence-electron chi connectivity index (χ0n) is 12.4. The third-order valence-electron chi connectivity index (χ3n) is 3.50. The monoisotopic (exact) mass is 313 g/mol. The molecule has 0 atom stereocenters. The fourth-order valence-corrected chi connectivity index (χ4v) is 2.28. The number of ether oxygens (including phenoxy) is 1. The van der Waals surface area contributed by atoms with E-state index in [1.54, 1.807) is 31.4 Å². The topological polar surface area (TPSA) is 53.6 Å².